The van der Waals surface area contributed by atoms with Gasteiger partial charge in [-0.05, 0) is 19.4 Å². The van der Waals surface area contributed by atoms with Gasteiger partial charge in [-0.1, -0.05) is 19.8 Å². The van der Waals surface area contributed by atoms with E-state index in [2.05, 4.69) is 12.2 Å². The quantitative estimate of drug-likeness (QED) is 0.707. The van der Waals surface area contributed by atoms with Gasteiger partial charge >= 0.3 is 0 Å². The summed E-state index contributed by atoms with van der Waals surface area (Å²) in [6.45, 7) is 5.68. The molecule has 0 aliphatic carbocycles. The first-order chi connectivity index (χ1) is 7.25. The second-order valence-electron chi connectivity index (χ2n) is 4.18. The van der Waals surface area contributed by atoms with E-state index in [1.165, 1.54) is 0 Å². The molecule has 15 heavy (non-hydrogen) atoms. The Bertz CT molecular complexity index is 188. The number of hydrogen-bond acceptors (Lipinski definition) is 3. The Morgan fingerprint density at radius 1 is 1.47 bits per heavy atom. The lowest BCUT2D eigenvalue weighted by molar-refractivity contribution is -0.132. The van der Waals surface area contributed by atoms with Crippen molar-refractivity contribution in [3.63, 3.8) is 0 Å². The molecule has 0 spiro atoms. The summed E-state index contributed by atoms with van der Waals surface area (Å²) in [5, 5.41) is 3.28. The molecule has 0 aromatic rings. The van der Waals surface area contributed by atoms with Crippen LogP contribution in [0.2, 0.25) is 0 Å². The van der Waals surface area contributed by atoms with Crippen LogP contribution < -0.4 is 11.1 Å². The van der Waals surface area contributed by atoms with Gasteiger partial charge in [-0.25, -0.2) is 0 Å². The average Bonchev–Trinajstić information content (AvgIpc) is 2.53. The molecule has 88 valence electrons. The van der Waals surface area contributed by atoms with Crippen molar-refractivity contribution in [3.8, 4) is 0 Å². The Hall–Kier alpha value is -0.610. The van der Waals surface area contributed by atoms with Crippen LogP contribution in [-0.2, 0) is 4.79 Å². The fraction of sp³-hybridized carbons (Fsp3) is 0.909. The summed E-state index contributed by atoms with van der Waals surface area (Å²) in [4.78, 5) is 13.8. The molecular weight excluding hydrogens is 190 g/mol. The van der Waals surface area contributed by atoms with Gasteiger partial charge in [0.1, 0.15) is 0 Å². The third-order valence-corrected chi connectivity index (χ3v) is 2.84. The molecule has 3 N–H and O–H groups in total. The van der Waals surface area contributed by atoms with Gasteiger partial charge in [-0.2, -0.15) is 0 Å². The standard InChI is InChI=1S/C11H23N3O/c1-2-3-5-10(12)11(15)14-8-4-6-13-7-9-14/h10,13H,2-9,12H2,1H3. The van der Waals surface area contributed by atoms with Gasteiger partial charge in [0.2, 0.25) is 5.91 Å². The number of nitrogens with one attached hydrogen (secondary N) is 1. The summed E-state index contributed by atoms with van der Waals surface area (Å²) in [6.07, 6.45) is 3.99. The number of carbonyl (C=O) groups is 1. The lowest BCUT2D eigenvalue weighted by Crippen LogP contribution is -2.45. The van der Waals surface area contributed by atoms with Crippen molar-refractivity contribution in [1.29, 1.82) is 0 Å². The van der Waals surface area contributed by atoms with Crippen LogP contribution >= 0.6 is 0 Å². The molecule has 4 heteroatoms. The molecule has 1 atom stereocenters. The van der Waals surface area contributed by atoms with E-state index in [1.54, 1.807) is 0 Å². The molecule has 1 unspecified atom stereocenters. The van der Waals surface area contributed by atoms with Gasteiger partial charge in [-0.15, -0.1) is 0 Å². The molecule has 1 amide bonds. The van der Waals surface area contributed by atoms with Crippen LogP contribution in [-0.4, -0.2) is 43.0 Å². The lowest BCUT2D eigenvalue weighted by Gasteiger charge is -2.23. The first-order valence-corrected chi connectivity index (χ1v) is 6.00. The molecule has 1 saturated heterocycles. The molecule has 1 rings (SSSR count). The second-order valence-corrected chi connectivity index (χ2v) is 4.18. The first kappa shape index (κ1) is 12.5. The zero-order valence-electron chi connectivity index (χ0n) is 9.67. The van der Waals surface area contributed by atoms with E-state index < -0.39 is 0 Å². The molecule has 4 nitrogen and oxygen atoms in total. The third-order valence-electron chi connectivity index (χ3n) is 2.84. The van der Waals surface area contributed by atoms with Gasteiger partial charge in [-0.3, -0.25) is 4.79 Å². The highest BCUT2D eigenvalue weighted by Gasteiger charge is 2.20. The fourth-order valence-electron chi connectivity index (χ4n) is 1.85. The summed E-state index contributed by atoms with van der Waals surface area (Å²) in [6, 6.07) is -0.289. The maximum atomic E-state index is 11.9. The largest absolute Gasteiger partial charge is 0.340 e. The van der Waals surface area contributed by atoms with Gasteiger partial charge in [0.15, 0.2) is 0 Å². The van der Waals surface area contributed by atoms with Gasteiger partial charge in [0, 0.05) is 19.6 Å². The van der Waals surface area contributed by atoms with Crippen LogP contribution in [0.15, 0.2) is 0 Å². The van der Waals surface area contributed by atoms with Gasteiger partial charge < -0.3 is 16.0 Å². The second kappa shape index (κ2) is 6.80. The zero-order valence-corrected chi connectivity index (χ0v) is 9.67. The maximum absolute atomic E-state index is 11.9. The van der Waals surface area contributed by atoms with Gasteiger partial charge in [0.25, 0.3) is 0 Å². The highest BCUT2D eigenvalue weighted by molar-refractivity contribution is 5.81. The average molecular weight is 213 g/mol. The maximum Gasteiger partial charge on any atom is 0.239 e. The first-order valence-electron chi connectivity index (χ1n) is 6.00. The lowest BCUT2D eigenvalue weighted by atomic mass is 10.1. The number of hydrogen-bond donors (Lipinski definition) is 2. The van der Waals surface area contributed by atoms with E-state index in [-0.39, 0.29) is 11.9 Å². The fourth-order valence-corrected chi connectivity index (χ4v) is 1.85. The molecule has 0 aromatic heterocycles. The van der Waals surface area contributed by atoms with Crippen LogP contribution in [0.4, 0.5) is 0 Å². The summed E-state index contributed by atoms with van der Waals surface area (Å²) in [7, 11) is 0. The monoisotopic (exact) mass is 213 g/mol. The number of amides is 1. The van der Waals surface area contributed by atoms with Crippen molar-refractivity contribution < 1.29 is 4.79 Å². The van der Waals surface area contributed by atoms with Crippen LogP contribution in [0.3, 0.4) is 0 Å². The smallest absolute Gasteiger partial charge is 0.239 e. The van der Waals surface area contributed by atoms with Crippen LogP contribution in [0.5, 0.6) is 0 Å². The van der Waals surface area contributed by atoms with E-state index >= 15 is 0 Å². The van der Waals surface area contributed by atoms with Crippen LogP contribution in [0.25, 0.3) is 0 Å². The van der Waals surface area contributed by atoms with Crippen LogP contribution in [0.1, 0.15) is 32.6 Å². The Labute approximate surface area is 92.2 Å². The Balaban J connectivity index is 2.35. The Morgan fingerprint density at radius 3 is 3.00 bits per heavy atom. The Morgan fingerprint density at radius 2 is 2.27 bits per heavy atom. The molecule has 1 aliphatic rings. The van der Waals surface area contributed by atoms with Crippen molar-refractivity contribution in [2.24, 2.45) is 5.73 Å². The SMILES string of the molecule is CCCCC(N)C(=O)N1CCCNCC1. The number of nitrogens with zero attached hydrogens (tertiary/aromatic N) is 1. The number of carbonyl (C=O) groups excluding carboxylic acids is 1. The highest BCUT2D eigenvalue weighted by Crippen LogP contribution is 2.04. The third kappa shape index (κ3) is 4.18. The summed E-state index contributed by atoms with van der Waals surface area (Å²) < 4.78 is 0. The number of unbranched alkanes of at least 4 members (excludes halogenated alkanes) is 1. The van der Waals surface area contributed by atoms with E-state index in [1.807, 2.05) is 4.90 Å². The summed E-state index contributed by atoms with van der Waals surface area (Å²) in [5.41, 5.74) is 5.87. The zero-order chi connectivity index (χ0) is 11.1. The molecule has 0 bridgehead atoms. The number of nitrogens with two attached hydrogens (primary N) is 1. The van der Waals surface area contributed by atoms with Crippen molar-refractivity contribution in [3.05, 3.63) is 0 Å². The minimum atomic E-state index is -0.289. The van der Waals surface area contributed by atoms with E-state index in [4.69, 9.17) is 5.73 Å². The molecule has 1 heterocycles. The molecule has 0 aromatic carbocycles. The molecule has 0 radical (unpaired) electrons. The topological polar surface area (TPSA) is 58.4 Å². The number of rotatable bonds is 4. The predicted molar refractivity (Wildman–Crippen MR) is 61.6 cm³/mol. The van der Waals surface area contributed by atoms with E-state index in [0.717, 1.165) is 51.9 Å². The summed E-state index contributed by atoms with van der Waals surface area (Å²) >= 11 is 0. The molecule has 1 aliphatic heterocycles. The predicted octanol–water partition coefficient (Wildman–Crippen LogP) is 0.326. The summed E-state index contributed by atoms with van der Waals surface area (Å²) in [5.74, 6) is 0.132. The molecule has 1 fully saturated rings. The van der Waals surface area contributed by atoms with E-state index in [9.17, 15) is 4.79 Å². The Kier molecular flexibility index (Phi) is 5.65. The minimum absolute atomic E-state index is 0.132. The van der Waals surface area contributed by atoms with Crippen molar-refractivity contribution in [2.75, 3.05) is 26.2 Å². The van der Waals surface area contributed by atoms with Crippen molar-refractivity contribution >= 4 is 5.91 Å². The normalized spacial score (nSPS) is 19.7. The van der Waals surface area contributed by atoms with E-state index in [0.29, 0.717) is 0 Å². The highest BCUT2D eigenvalue weighted by atomic mass is 16.2. The minimum Gasteiger partial charge on any atom is -0.340 e. The van der Waals surface area contributed by atoms with Crippen LogP contribution in [0, 0.1) is 0 Å². The van der Waals surface area contributed by atoms with Crippen molar-refractivity contribution in [2.45, 2.75) is 38.6 Å². The van der Waals surface area contributed by atoms with Gasteiger partial charge in [0.05, 0.1) is 6.04 Å². The van der Waals surface area contributed by atoms with Crippen molar-refractivity contribution in [1.82, 2.24) is 10.2 Å². The molecular formula is C11H23N3O. The molecule has 0 saturated carbocycles.